The maximum absolute atomic E-state index is 9.55. The van der Waals surface area contributed by atoms with Crippen LogP contribution in [-0.4, -0.2) is 34.7 Å². The Kier molecular flexibility index (Phi) is 10.6. The van der Waals surface area contributed by atoms with Gasteiger partial charge in [0.2, 0.25) is 0 Å². The van der Waals surface area contributed by atoms with Crippen LogP contribution >= 0.6 is 0 Å². The van der Waals surface area contributed by atoms with E-state index in [4.69, 9.17) is 10.2 Å². The minimum absolute atomic E-state index is 0.558. The molecular formula is C23H39NO4. The van der Waals surface area contributed by atoms with E-state index in [1.807, 2.05) is 0 Å². The van der Waals surface area contributed by atoms with Gasteiger partial charge < -0.3 is 15.5 Å². The first-order valence-corrected chi connectivity index (χ1v) is 11.4. The van der Waals surface area contributed by atoms with Crippen molar-refractivity contribution >= 4 is 11.9 Å². The van der Waals surface area contributed by atoms with Crippen LogP contribution < -0.4 is 5.32 Å². The average molecular weight is 394 g/mol. The molecule has 3 N–H and O–H groups in total. The Bertz CT molecular complexity index is 453. The van der Waals surface area contributed by atoms with E-state index < -0.39 is 11.9 Å². The zero-order chi connectivity index (χ0) is 20.2. The second kappa shape index (κ2) is 13.0. The highest BCUT2D eigenvalue weighted by molar-refractivity contribution is 5.89. The smallest absolute Gasteiger partial charge is 0.328 e. The van der Waals surface area contributed by atoms with Crippen molar-refractivity contribution < 1.29 is 19.8 Å². The number of piperidine rings is 1. The predicted molar refractivity (Wildman–Crippen MR) is 111 cm³/mol. The van der Waals surface area contributed by atoms with Gasteiger partial charge in [0.25, 0.3) is 0 Å². The van der Waals surface area contributed by atoms with Crippen LogP contribution in [0.2, 0.25) is 0 Å². The fourth-order valence-corrected chi connectivity index (χ4v) is 5.49. The quantitative estimate of drug-likeness (QED) is 0.552. The van der Waals surface area contributed by atoms with Crippen molar-refractivity contribution in [2.45, 2.75) is 95.9 Å². The van der Waals surface area contributed by atoms with Gasteiger partial charge in [-0.2, -0.15) is 0 Å². The summed E-state index contributed by atoms with van der Waals surface area (Å²) in [6.07, 6.45) is 22.3. The molecule has 5 nitrogen and oxygen atoms in total. The zero-order valence-electron chi connectivity index (χ0n) is 17.3. The molecule has 1 heterocycles. The van der Waals surface area contributed by atoms with Gasteiger partial charge in [-0.25, -0.2) is 9.59 Å². The summed E-state index contributed by atoms with van der Waals surface area (Å²) in [7, 11) is 0. The number of carboxylic acids is 2. The molecular weight excluding hydrogens is 354 g/mol. The van der Waals surface area contributed by atoms with Crippen LogP contribution in [-0.2, 0) is 9.59 Å². The standard InChI is InChI=1S/C19H35N.C4H4O4/c1-3-9-16(10-4-1)19(17-11-5-2-6-12-17)15-18-13-7-8-14-20-18;5-3(6)1-2-4(7)8/h16-20H,1-15H2;1-2H,(H,5,6)(H,7,8). The van der Waals surface area contributed by atoms with Gasteiger partial charge in [-0.3, -0.25) is 0 Å². The molecule has 0 aromatic rings. The molecule has 0 amide bonds. The fraction of sp³-hybridized carbons (Fsp3) is 0.826. The Morgan fingerprint density at radius 1 is 0.750 bits per heavy atom. The number of aliphatic carboxylic acids is 2. The lowest BCUT2D eigenvalue weighted by Gasteiger charge is -2.40. The highest BCUT2D eigenvalue weighted by atomic mass is 16.4. The van der Waals surface area contributed by atoms with Gasteiger partial charge in [-0.15, -0.1) is 0 Å². The van der Waals surface area contributed by atoms with E-state index in [2.05, 4.69) is 5.32 Å². The van der Waals surface area contributed by atoms with Crippen molar-refractivity contribution in [1.29, 1.82) is 0 Å². The second-order valence-electron chi connectivity index (χ2n) is 8.85. The minimum atomic E-state index is -1.26. The van der Waals surface area contributed by atoms with Crippen molar-refractivity contribution in [2.24, 2.45) is 17.8 Å². The van der Waals surface area contributed by atoms with Crippen LogP contribution in [0.4, 0.5) is 0 Å². The van der Waals surface area contributed by atoms with E-state index >= 15 is 0 Å². The third-order valence-corrected chi connectivity index (χ3v) is 6.85. The summed E-state index contributed by atoms with van der Waals surface area (Å²) in [6.45, 7) is 1.28. The van der Waals surface area contributed by atoms with E-state index in [-0.39, 0.29) is 0 Å². The van der Waals surface area contributed by atoms with E-state index in [9.17, 15) is 9.59 Å². The largest absolute Gasteiger partial charge is 0.478 e. The summed E-state index contributed by atoms with van der Waals surface area (Å²) in [5.41, 5.74) is 0. The molecule has 28 heavy (non-hydrogen) atoms. The van der Waals surface area contributed by atoms with Crippen molar-refractivity contribution in [2.75, 3.05) is 6.54 Å². The number of carboxylic acid groups (broad SMARTS) is 2. The van der Waals surface area contributed by atoms with E-state index in [1.165, 1.54) is 70.8 Å². The van der Waals surface area contributed by atoms with Gasteiger partial charge in [0.1, 0.15) is 0 Å². The first-order chi connectivity index (χ1) is 13.6. The molecule has 1 aliphatic heterocycles. The summed E-state index contributed by atoms with van der Waals surface area (Å²) >= 11 is 0. The molecule has 0 aromatic carbocycles. The summed E-state index contributed by atoms with van der Waals surface area (Å²) in [5.74, 6) is 0.706. The number of hydrogen-bond acceptors (Lipinski definition) is 3. The molecule has 3 rings (SSSR count). The maximum Gasteiger partial charge on any atom is 0.328 e. The normalized spacial score (nSPS) is 24.7. The first kappa shape index (κ1) is 22.9. The molecule has 3 aliphatic rings. The SMILES string of the molecule is C1CCC(C(CC2CCCCN2)C2CCCCC2)CC1.O=C(O)C=CC(=O)O. The van der Waals surface area contributed by atoms with Gasteiger partial charge in [-0.05, 0) is 43.6 Å². The topological polar surface area (TPSA) is 86.6 Å². The number of nitrogens with one attached hydrogen (secondary N) is 1. The monoisotopic (exact) mass is 393 g/mol. The van der Waals surface area contributed by atoms with Crippen LogP contribution in [0.15, 0.2) is 12.2 Å². The van der Waals surface area contributed by atoms with Gasteiger partial charge in [-0.1, -0.05) is 70.6 Å². The summed E-state index contributed by atoms with van der Waals surface area (Å²) in [6, 6.07) is 0.859. The van der Waals surface area contributed by atoms with Crippen molar-refractivity contribution in [3.63, 3.8) is 0 Å². The third-order valence-electron chi connectivity index (χ3n) is 6.85. The van der Waals surface area contributed by atoms with Gasteiger partial charge in [0.15, 0.2) is 0 Å². The van der Waals surface area contributed by atoms with E-state index in [1.54, 1.807) is 25.7 Å². The molecule has 0 aromatic heterocycles. The van der Waals surface area contributed by atoms with Crippen molar-refractivity contribution in [3.8, 4) is 0 Å². The van der Waals surface area contributed by atoms with Crippen LogP contribution in [0.1, 0.15) is 89.9 Å². The molecule has 3 fully saturated rings. The minimum Gasteiger partial charge on any atom is -0.478 e. The van der Waals surface area contributed by atoms with E-state index in [0.29, 0.717) is 12.2 Å². The zero-order valence-corrected chi connectivity index (χ0v) is 17.3. The Labute approximate surface area is 170 Å². The second-order valence-corrected chi connectivity index (χ2v) is 8.85. The predicted octanol–water partition coefficient (Wildman–Crippen LogP) is 5.01. The summed E-state index contributed by atoms with van der Waals surface area (Å²) in [4.78, 5) is 19.1. The summed E-state index contributed by atoms with van der Waals surface area (Å²) in [5, 5.41) is 19.5. The maximum atomic E-state index is 9.55. The van der Waals surface area contributed by atoms with Crippen molar-refractivity contribution in [3.05, 3.63) is 12.2 Å². The molecule has 0 spiro atoms. The Morgan fingerprint density at radius 3 is 1.61 bits per heavy atom. The molecule has 0 radical (unpaired) electrons. The molecule has 1 unspecified atom stereocenters. The molecule has 1 atom stereocenters. The van der Waals surface area contributed by atoms with Crippen LogP contribution in [0.5, 0.6) is 0 Å². The Hall–Kier alpha value is -1.36. The molecule has 160 valence electrons. The van der Waals surface area contributed by atoms with Gasteiger partial charge in [0.05, 0.1) is 0 Å². The Balaban J connectivity index is 0.000000300. The molecule has 2 aliphatic carbocycles. The lowest BCUT2D eigenvalue weighted by atomic mass is 9.67. The number of carbonyl (C=O) groups is 2. The molecule has 2 saturated carbocycles. The molecule has 5 heteroatoms. The van der Waals surface area contributed by atoms with Crippen LogP contribution in [0.3, 0.4) is 0 Å². The average Bonchev–Trinajstić information content (AvgIpc) is 2.73. The number of hydrogen-bond donors (Lipinski definition) is 3. The molecule has 1 saturated heterocycles. The summed E-state index contributed by atoms with van der Waals surface area (Å²) < 4.78 is 0. The highest BCUT2D eigenvalue weighted by Crippen LogP contribution is 2.42. The number of rotatable bonds is 6. The lowest BCUT2D eigenvalue weighted by Crippen LogP contribution is -2.39. The van der Waals surface area contributed by atoms with E-state index in [0.717, 1.165) is 23.8 Å². The van der Waals surface area contributed by atoms with Gasteiger partial charge >= 0.3 is 11.9 Å². The van der Waals surface area contributed by atoms with Crippen LogP contribution in [0.25, 0.3) is 0 Å². The Morgan fingerprint density at radius 2 is 1.21 bits per heavy atom. The fourth-order valence-electron chi connectivity index (χ4n) is 5.49. The lowest BCUT2D eigenvalue weighted by molar-refractivity contribution is -0.134. The first-order valence-electron chi connectivity index (χ1n) is 11.4. The van der Waals surface area contributed by atoms with Crippen molar-refractivity contribution in [1.82, 2.24) is 5.32 Å². The highest BCUT2D eigenvalue weighted by Gasteiger charge is 2.33. The third kappa shape index (κ3) is 8.76. The van der Waals surface area contributed by atoms with Crippen LogP contribution in [0, 0.1) is 17.8 Å². The van der Waals surface area contributed by atoms with Gasteiger partial charge in [0, 0.05) is 18.2 Å². The molecule has 0 bridgehead atoms.